The molecule has 1 amide bonds. The number of nitrogens with one attached hydrogen (secondary N) is 1. The van der Waals surface area contributed by atoms with Crippen LogP contribution in [0.15, 0.2) is 68.4 Å². The van der Waals surface area contributed by atoms with E-state index in [0.29, 0.717) is 16.7 Å². The van der Waals surface area contributed by atoms with E-state index in [4.69, 9.17) is 9.15 Å². The summed E-state index contributed by atoms with van der Waals surface area (Å²) >= 11 is 1.58. The highest BCUT2D eigenvalue weighted by molar-refractivity contribution is 8.04. The van der Waals surface area contributed by atoms with Crippen molar-refractivity contribution in [2.24, 2.45) is 0 Å². The van der Waals surface area contributed by atoms with E-state index in [-0.39, 0.29) is 22.6 Å². The molecule has 3 heterocycles. The first-order valence-electron chi connectivity index (χ1n) is 10.2. The van der Waals surface area contributed by atoms with Crippen LogP contribution in [0.3, 0.4) is 0 Å². The number of ether oxygens (including phenoxy) is 1. The molecule has 0 spiro atoms. The molecule has 1 unspecified atom stereocenters. The van der Waals surface area contributed by atoms with Gasteiger partial charge in [-0.15, -0.1) is 0 Å². The van der Waals surface area contributed by atoms with Crippen molar-refractivity contribution in [1.29, 1.82) is 0 Å². The predicted molar refractivity (Wildman–Crippen MR) is 127 cm³/mol. The zero-order valence-electron chi connectivity index (χ0n) is 18.2. The number of methoxy groups -OCH3 is 1. The number of nitrogens with zero attached hydrogens (tertiary/aromatic N) is 1. The summed E-state index contributed by atoms with van der Waals surface area (Å²) in [6, 6.07) is 13.2. The van der Waals surface area contributed by atoms with Crippen LogP contribution in [0.5, 0.6) is 5.75 Å². The number of benzene rings is 2. The maximum Gasteiger partial charge on any atom is 0.255 e. The Balaban J connectivity index is 1.65. The number of aryl methyl sites for hydroxylation is 1. The summed E-state index contributed by atoms with van der Waals surface area (Å²) in [6.07, 6.45) is 1.59. The van der Waals surface area contributed by atoms with Crippen LogP contribution in [0.1, 0.15) is 25.0 Å². The Morgan fingerprint density at radius 2 is 1.75 bits per heavy atom. The molecule has 2 aromatic carbocycles. The predicted octanol–water partition coefficient (Wildman–Crippen LogP) is 4.83. The van der Waals surface area contributed by atoms with E-state index in [2.05, 4.69) is 5.32 Å². The number of carbonyl (C=O) groups is 1. The van der Waals surface area contributed by atoms with E-state index in [9.17, 15) is 9.59 Å². The normalized spacial score (nSPS) is 18.0. The molecule has 3 aromatic rings. The topological polar surface area (TPSA) is 71.8 Å². The molecule has 0 radical (unpaired) electrons. The van der Waals surface area contributed by atoms with Gasteiger partial charge in [-0.3, -0.25) is 14.5 Å². The summed E-state index contributed by atoms with van der Waals surface area (Å²) in [4.78, 5) is 28.8. The number of hydrogen-bond acceptors (Lipinski definition) is 6. The van der Waals surface area contributed by atoms with Crippen LogP contribution in [0, 0.1) is 6.92 Å². The number of allylic oxidation sites excluding steroid dienone is 2. The highest BCUT2D eigenvalue weighted by Gasteiger charge is 2.37. The average Bonchev–Trinajstić information content (AvgIpc) is 3.10. The zero-order valence-corrected chi connectivity index (χ0v) is 19.0. The molecule has 0 bridgehead atoms. The molecular weight excluding hydrogens is 424 g/mol. The SMILES string of the molecule is COc1c(-c2ccc(C)cc2)oc2ccc(C3=C(C)SC4NC(C)=CC(=O)N34)cc2c1=O. The number of hydrogen-bond donors (Lipinski definition) is 1. The van der Waals surface area contributed by atoms with Crippen molar-refractivity contribution in [1.82, 2.24) is 10.2 Å². The Labute approximate surface area is 189 Å². The zero-order chi connectivity index (χ0) is 22.6. The van der Waals surface area contributed by atoms with Crippen LogP contribution in [0.4, 0.5) is 0 Å². The van der Waals surface area contributed by atoms with Crippen LogP contribution in [0.2, 0.25) is 0 Å². The molecule has 1 aromatic heterocycles. The third-order valence-corrected chi connectivity index (χ3v) is 6.76. The Kier molecular flexibility index (Phi) is 4.86. The van der Waals surface area contributed by atoms with E-state index in [1.54, 1.807) is 34.9 Å². The average molecular weight is 447 g/mol. The van der Waals surface area contributed by atoms with E-state index >= 15 is 0 Å². The minimum atomic E-state index is -0.245. The van der Waals surface area contributed by atoms with Gasteiger partial charge in [0, 0.05) is 27.8 Å². The van der Waals surface area contributed by atoms with Crippen molar-refractivity contribution in [3.63, 3.8) is 0 Å². The Morgan fingerprint density at radius 3 is 2.47 bits per heavy atom. The first-order chi connectivity index (χ1) is 15.4. The molecule has 6 nitrogen and oxygen atoms in total. The minimum absolute atomic E-state index is 0.0787. The lowest BCUT2D eigenvalue weighted by molar-refractivity contribution is -0.124. The summed E-state index contributed by atoms with van der Waals surface area (Å²) < 4.78 is 11.6. The van der Waals surface area contributed by atoms with E-state index in [0.717, 1.165) is 33.0 Å². The fraction of sp³-hybridized carbons (Fsp3) is 0.200. The van der Waals surface area contributed by atoms with Crippen molar-refractivity contribution in [2.75, 3.05) is 7.11 Å². The van der Waals surface area contributed by atoms with E-state index in [1.807, 2.05) is 51.1 Å². The molecule has 0 fully saturated rings. The highest BCUT2D eigenvalue weighted by Crippen LogP contribution is 2.44. The van der Waals surface area contributed by atoms with Gasteiger partial charge in [0.2, 0.25) is 11.2 Å². The van der Waals surface area contributed by atoms with Crippen molar-refractivity contribution in [3.8, 4) is 17.1 Å². The molecule has 2 aliphatic heterocycles. The van der Waals surface area contributed by atoms with Gasteiger partial charge in [-0.05, 0) is 39.0 Å². The third-order valence-electron chi connectivity index (χ3n) is 5.67. The van der Waals surface area contributed by atoms with Crippen LogP contribution in [-0.4, -0.2) is 23.4 Å². The van der Waals surface area contributed by atoms with Crippen molar-refractivity contribution >= 4 is 34.3 Å². The number of amides is 1. The molecular formula is C25H22N2O4S. The maximum absolute atomic E-state index is 13.4. The molecule has 1 N–H and O–H groups in total. The van der Waals surface area contributed by atoms with Gasteiger partial charge >= 0.3 is 0 Å². The standard InChI is InChI=1S/C25H22N2O4S/c1-13-5-7-16(8-6-13)23-24(30-4)22(29)18-12-17(9-10-19(18)31-23)21-15(3)32-25-26-14(2)11-20(28)27(21)25/h5-12,25-26H,1-4H3. The van der Waals surface area contributed by atoms with E-state index in [1.165, 1.54) is 7.11 Å². The van der Waals surface area contributed by atoms with Crippen LogP contribution < -0.4 is 15.5 Å². The lowest BCUT2D eigenvalue weighted by Gasteiger charge is -2.31. The molecule has 2 aliphatic rings. The largest absolute Gasteiger partial charge is 0.490 e. The molecule has 0 saturated carbocycles. The van der Waals surface area contributed by atoms with Crippen LogP contribution in [0.25, 0.3) is 28.0 Å². The van der Waals surface area contributed by atoms with Gasteiger partial charge in [0.15, 0.2) is 11.3 Å². The van der Waals surface area contributed by atoms with Gasteiger partial charge in [0.05, 0.1) is 18.2 Å². The second kappa shape index (κ2) is 7.60. The fourth-order valence-corrected chi connectivity index (χ4v) is 5.34. The molecule has 0 aliphatic carbocycles. The molecule has 1 atom stereocenters. The Bertz CT molecular complexity index is 1390. The van der Waals surface area contributed by atoms with Gasteiger partial charge in [0.1, 0.15) is 5.58 Å². The van der Waals surface area contributed by atoms with Gasteiger partial charge < -0.3 is 14.5 Å². The first kappa shape index (κ1) is 20.5. The summed E-state index contributed by atoms with van der Waals surface area (Å²) in [5.74, 6) is 0.489. The number of thioether (sulfide) groups is 1. The van der Waals surface area contributed by atoms with E-state index < -0.39 is 0 Å². The second-order valence-corrected chi connectivity index (χ2v) is 9.22. The third kappa shape index (κ3) is 3.20. The Morgan fingerprint density at radius 1 is 1.03 bits per heavy atom. The lowest BCUT2D eigenvalue weighted by atomic mass is 10.0. The van der Waals surface area contributed by atoms with Crippen molar-refractivity contribution in [2.45, 2.75) is 26.3 Å². The van der Waals surface area contributed by atoms with Crippen LogP contribution >= 0.6 is 11.8 Å². The lowest BCUT2D eigenvalue weighted by Crippen LogP contribution is -2.45. The number of rotatable bonds is 3. The van der Waals surface area contributed by atoms with Gasteiger partial charge in [0.25, 0.3) is 5.91 Å². The minimum Gasteiger partial charge on any atom is -0.490 e. The molecule has 162 valence electrons. The summed E-state index contributed by atoms with van der Waals surface area (Å²) in [7, 11) is 1.47. The smallest absolute Gasteiger partial charge is 0.255 e. The summed E-state index contributed by atoms with van der Waals surface area (Å²) in [5, 5.41) is 3.73. The molecule has 0 saturated heterocycles. The Hall–Kier alpha value is -3.45. The summed E-state index contributed by atoms with van der Waals surface area (Å²) in [6.45, 7) is 5.86. The summed E-state index contributed by atoms with van der Waals surface area (Å²) in [5.41, 5.74) is 4.34. The monoisotopic (exact) mass is 446 g/mol. The van der Waals surface area contributed by atoms with Gasteiger partial charge in [-0.25, -0.2) is 0 Å². The van der Waals surface area contributed by atoms with Crippen molar-refractivity contribution < 1.29 is 13.9 Å². The molecule has 32 heavy (non-hydrogen) atoms. The number of fused-ring (bicyclic) bond motifs is 2. The van der Waals surface area contributed by atoms with Gasteiger partial charge in [-0.2, -0.15) is 0 Å². The van der Waals surface area contributed by atoms with Gasteiger partial charge in [-0.1, -0.05) is 41.6 Å². The first-order valence-corrected chi connectivity index (χ1v) is 11.1. The fourth-order valence-electron chi connectivity index (χ4n) is 4.12. The highest BCUT2D eigenvalue weighted by atomic mass is 32.2. The van der Waals surface area contributed by atoms with Crippen LogP contribution in [-0.2, 0) is 4.79 Å². The quantitative estimate of drug-likeness (QED) is 0.621. The number of carbonyl (C=O) groups excluding carboxylic acids is 1. The van der Waals surface area contributed by atoms with Crippen molar-refractivity contribution in [3.05, 3.63) is 80.5 Å². The molecule has 5 rings (SSSR count). The second-order valence-electron chi connectivity index (χ2n) is 7.93. The maximum atomic E-state index is 13.4. The molecule has 7 heteroatoms.